The van der Waals surface area contributed by atoms with Crippen molar-refractivity contribution in [3.05, 3.63) is 36.2 Å². The first kappa shape index (κ1) is 14.8. The maximum atomic E-state index is 12.2. The zero-order chi connectivity index (χ0) is 14.6. The molecule has 2 aromatic rings. The highest BCUT2D eigenvalue weighted by Crippen LogP contribution is 2.13. The van der Waals surface area contributed by atoms with Crippen molar-refractivity contribution < 1.29 is 8.42 Å². The molecule has 0 atom stereocenters. The largest absolute Gasteiger partial charge is 0.352 e. The van der Waals surface area contributed by atoms with Crippen LogP contribution in [0, 0.1) is 0 Å². The van der Waals surface area contributed by atoms with Crippen LogP contribution in [-0.2, 0) is 30.2 Å². The Labute approximate surface area is 118 Å². The van der Waals surface area contributed by atoms with Gasteiger partial charge in [-0.25, -0.2) is 18.1 Å². The molecule has 0 fully saturated rings. The summed E-state index contributed by atoms with van der Waals surface area (Å²) in [5.41, 5.74) is 1.64. The number of hydrogen-bond acceptors (Lipinski definition) is 4. The van der Waals surface area contributed by atoms with E-state index in [4.69, 9.17) is 0 Å². The van der Waals surface area contributed by atoms with Gasteiger partial charge < -0.3 is 14.9 Å². The third-order valence-corrected chi connectivity index (χ3v) is 4.32. The minimum absolute atomic E-state index is 0.194. The smallest absolute Gasteiger partial charge is 0.242 e. The van der Waals surface area contributed by atoms with Gasteiger partial charge in [-0.3, -0.25) is 0 Å². The summed E-state index contributed by atoms with van der Waals surface area (Å²) < 4.78 is 28.7. The summed E-state index contributed by atoms with van der Waals surface area (Å²) in [6, 6.07) is 1.68. The predicted octanol–water partition coefficient (Wildman–Crippen LogP) is 0.336. The van der Waals surface area contributed by atoms with E-state index in [0.29, 0.717) is 6.54 Å². The lowest BCUT2D eigenvalue weighted by Crippen LogP contribution is -2.23. The minimum Gasteiger partial charge on any atom is -0.352 e. The zero-order valence-corrected chi connectivity index (χ0v) is 12.4. The van der Waals surface area contributed by atoms with Crippen molar-refractivity contribution in [3.8, 4) is 0 Å². The van der Waals surface area contributed by atoms with Gasteiger partial charge in [-0.15, -0.1) is 0 Å². The highest BCUT2D eigenvalue weighted by molar-refractivity contribution is 7.89. The van der Waals surface area contributed by atoms with Gasteiger partial charge in [-0.2, -0.15) is 0 Å². The molecule has 0 aromatic carbocycles. The first-order valence-electron chi connectivity index (χ1n) is 6.36. The van der Waals surface area contributed by atoms with Gasteiger partial charge in [0.25, 0.3) is 0 Å². The van der Waals surface area contributed by atoms with Crippen LogP contribution in [0.15, 0.2) is 29.7 Å². The summed E-state index contributed by atoms with van der Waals surface area (Å²) in [5.74, 6) is 0. The topological polar surface area (TPSA) is 91.8 Å². The lowest BCUT2D eigenvalue weighted by molar-refractivity contribution is 0.580. The molecule has 0 saturated heterocycles. The Hall–Kier alpha value is -1.64. The Balaban J connectivity index is 2.09. The van der Waals surface area contributed by atoms with Crippen LogP contribution in [0.2, 0.25) is 0 Å². The van der Waals surface area contributed by atoms with E-state index >= 15 is 0 Å². The summed E-state index contributed by atoms with van der Waals surface area (Å²) in [4.78, 5) is 6.97. The van der Waals surface area contributed by atoms with Crippen molar-refractivity contribution >= 4 is 10.0 Å². The second kappa shape index (κ2) is 6.21. The van der Waals surface area contributed by atoms with Crippen LogP contribution in [0.5, 0.6) is 0 Å². The maximum absolute atomic E-state index is 12.2. The van der Waals surface area contributed by atoms with Crippen molar-refractivity contribution in [1.82, 2.24) is 24.6 Å². The zero-order valence-electron chi connectivity index (χ0n) is 11.5. The molecule has 7 nitrogen and oxygen atoms in total. The lowest BCUT2D eigenvalue weighted by Gasteiger charge is -2.02. The molecule has 0 aliphatic rings. The molecule has 3 N–H and O–H groups in total. The number of H-pyrrole nitrogens is 1. The van der Waals surface area contributed by atoms with E-state index in [0.717, 1.165) is 17.9 Å². The Morgan fingerprint density at radius 2 is 2.20 bits per heavy atom. The molecule has 0 saturated carbocycles. The second-order valence-electron chi connectivity index (χ2n) is 4.46. The van der Waals surface area contributed by atoms with Crippen LogP contribution in [0.1, 0.15) is 18.3 Å². The fourth-order valence-corrected chi connectivity index (χ4v) is 2.89. The quantitative estimate of drug-likeness (QED) is 0.687. The monoisotopic (exact) mass is 297 g/mol. The van der Waals surface area contributed by atoms with E-state index in [1.165, 1.54) is 6.33 Å². The summed E-state index contributed by atoms with van der Waals surface area (Å²) in [5, 5.41) is 3.18. The van der Waals surface area contributed by atoms with Crippen molar-refractivity contribution in [2.24, 2.45) is 7.05 Å². The second-order valence-corrected chi connectivity index (χ2v) is 6.23. The van der Waals surface area contributed by atoms with Crippen molar-refractivity contribution in [1.29, 1.82) is 0 Å². The molecule has 0 spiro atoms. The molecule has 0 amide bonds. The third kappa shape index (κ3) is 3.47. The molecule has 0 unspecified atom stereocenters. The van der Waals surface area contributed by atoms with Gasteiger partial charge in [0.15, 0.2) is 0 Å². The van der Waals surface area contributed by atoms with Crippen LogP contribution in [0.4, 0.5) is 0 Å². The molecular weight excluding hydrogens is 278 g/mol. The number of rotatable bonds is 7. The molecule has 2 aromatic heterocycles. The highest BCUT2D eigenvalue weighted by atomic mass is 32.2. The van der Waals surface area contributed by atoms with E-state index in [9.17, 15) is 8.42 Å². The minimum atomic E-state index is -3.51. The van der Waals surface area contributed by atoms with Gasteiger partial charge in [0.1, 0.15) is 0 Å². The van der Waals surface area contributed by atoms with Crippen LogP contribution < -0.4 is 10.0 Å². The number of nitrogens with zero attached hydrogens (tertiary/aromatic N) is 2. The maximum Gasteiger partial charge on any atom is 0.242 e. The number of imidazole rings is 1. The van der Waals surface area contributed by atoms with Gasteiger partial charge in [0.05, 0.1) is 17.8 Å². The van der Waals surface area contributed by atoms with Gasteiger partial charge >= 0.3 is 0 Å². The standard InChI is InChI=1S/C12H19N5O2S/c1-3-13-7-11-4-12(8-17(11)2)20(18,19)16-6-10-5-14-9-15-10/h4-5,8-9,13,16H,3,6-7H2,1-2H3,(H,14,15). The molecule has 0 radical (unpaired) electrons. The van der Waals surface area contributed by atoms with Gasteiger partial charge in [-0.1, -0.05) is 6.92 Å². The van der Waals surface area contributed by atoms with E-state index in [1.807, 2.05) is 18.5 Å². The number of nitrogens with one attached hydrogen (secondary N) is 3. The van der Waals surface area contributed by atoms with Crippen LogP contribution in [0.3, 0.4) is 0 Å². The van der Waals surface area contributed by atoms with Crippen LogP contribution in [0.25, 0.3) is 0 Å². The third-order valence-electron chi connectivity index (χ3n) is 2.96. The van der Waals surface area contributed by atoms with Gasteiger partial charge in [0.2, 0.25) is 10.0 Å². The Morgan fingerprint density at radius 3 is 2.85 bits per heavy atom. The number of aromatic nitrogens is 3. The summed E-state index contributed by atoms with van der Waals surface area (Å²) in [6.07, 6.45) is 4.72. The van der Waals surface area contributed by atoms with Crippen molar-refractivity contribution in [2.75, 3.05) is 6.54 Å². The lowest BCUT2D eigenvalue weighted by atomic mass is 10.4. The Bertz CT molecular complexity index is 645. The van der Waals surface area contributed by atoms with E-state index in [1.54, 1.807) is 18.5 Å². The van der Waals surface area contributed by atoms with Crippen LogP contribution in [-0.4, -0.2) is 29.5 Å². The molecule has 0 aliphatic carbocycles. The van der Waals surface area contributed by atoms with E-state index in [-0.39, 0.29) is 11.4 Å². The Morgan fingerprint density at radius 1 is 1.40 bits per heavy atom. The molecule has 20 heavy (non-hydrogen) atoms. The average Bonchev–Trinajstić information content (AvgIpc) is 3.04. The summed E-state index contributed by atoms with van der Waals surface area (Å²) >= 11 is 0. The fraction of sp³-hybridized carbons (Fsp3) is 0.417. The molecule has 0 bridgehead atoms. The average molecular weight is 297 g/mol. The summed E-state index contributed by atoms with van der Waals surface area (Å²) in [7, 11) is -1.68. The number of sulfonamides is 1. The Kier molecular flexibility index (Phi) is 4.58. The normalized spacial score (nSPS) is 11.9. The number of aromatic amines is 1. The molecular formula is C12H19N5O2S. The molecule has 110 valence electrons. The molecule has 2 rings (SSSR count). The van der Waals surface area contributed by atoms with E-state index in [2.05, 4.69) is 20.0 Å². The fourth-order valence-electron chi connectivity index (χ4n) is 1.79. The van der Waals surface area contributed by atoms with Gasteiger partial charge in [0, 0.05) is 37.4 Å². The number of hydrogen-bond donors (Lipinski definition) is 3. The van der Waals surface area contributed by atoms with E-state index < -0.39 is 10.0 Å². The van der Waals surface area contributed by atoms with Crippen molar-refractivity contribution in [3.63, 3.8) is 0 Å². The molecule has 2 heterocycles. The first-order chi connectivity index (χ1) is 9.53. The predicted molar refractivity (Wildman–Crippen MR) is 75.4 cm³/mol. The molecule has 0 aliphatic heterocycles. The highest BCUT2D eigenvalue weighted by Gasteiger charge is 2.17. The first-order valence-corrected chi connectivity index (χ1v) is 7.84. The van der Waals surface area contributed by atoms with Crippen molar-refractivity contribution in [2.45, 2.75) is 24.9 Å². The number of aryl methyl sites for hydroxylation is 1. The van der Waals surface area contributed by atoms with Gasteiger partial charge in [-0.05, 0) is 12.6 Å². The van der Waals surface area contributed by atoms with Crippen LogP contribution >= 0.6 is 0 Å². The molecule has 8 heteroatoms. The SMILES string of the molecule is CCNCc1cc(S(=O)(=O)NCc2cnc[nH]2)cn1C. The summed E-state index contributed by atoms with van der Waals surface area (Å²) in [6.45, 7) is 3.68.